The summed E-state index contributed by atoms with van der Waals surface area (Å²) in [5, 5.41) is 12.3. The summed E-state index contributed by atoms with van der Waals surface area (Å²) in [7, 11) is 0. The van der Waals surface area contributed by atoms with Gasteiger partial charge in [0.25, 0.3) is 5.56 Å². The minimum Gasteiger partial charge on any atom is -0.481 e. The first kappa shape index (κ1) is 20.0. The lowest BCUT2D eigenvalue weighted by molar-refractivity contribution is -0.138. The highest BCUT2D eigenvalue weighted by Gasteiger charge is 2.40. The fourth-order valence-electron chi connectivity index (χ4n) is 3.44. The average molecular weight is 394 g/mol. The number of aliphatic hydroxyl groups excluding tert-OH is 1. The predicted molar refractivity (Wildman–Crippen MR) is 99.0 cm³/mol. The molecular formula is C20H21F3N2O3. The number of aromatic nitrogens is 1. The molecule has 0 saturated carbocycles. The van der Waals surface area contributed by atoms with Crippen LogP contribution in [0.2, 0.25) is 0 Å². The molecule has 28 heavy (non-hydrogen) atoms. The Hall–Kier alpha value is -2.74. The Morgan fingerprint density at radius 1 is 1.21 bits per heavy atom. The number of rotatable bonds is 4. The summed E-state index contributed by atoms with van der Waals surface area (Å²) in [6.07, 6.45) is -3.04. The van der Waals surface area contributed by atoms with Crippen LogP contribution in [-0.4, -0.2) is 28.4 Å². The first-order valence-electron chi connectivity index (χ1n) is 8.75. The van der Waals surface area contributed by atoms with E-state index >= 15 is 0 Å². The zero-order chi connectivity index (χ0) is 20.7. The molecule has 0 aliphatic carbocycles. The van der Waals surface area contributed by atoms with Crippen molar-refractivity contribution in [1.82, 2.24) is 9.88 Å². The zero-order valence-electron chi connectivity index (χ0n) is 15.7. The third-order valence-electron chi connectivity index (χ3n) is 4.65. The van der Waals surface area contributed by atoms with E-state index in [1.54, 1.807) is 26.0 Å². The molecule has 2 heterocycles. The Balaban J connectivity index is 2.42. The van der Waals surface area contributed by atoms with Gasteiger partial charge in [0.05, 0.1) is 23.6 Å². The van der Waals surface area contributed by atoms with Gasteiger partial charge in [-0.25, -0.2) is 0 Å². The number of halogens is 3. The van der Waals surface area contributed by atoms with Crippen molar-refractivity contribution >= 4 is 5.70 Å². The van der Waals surface area contributed by atoms with Crippen molar-refractivity contribution in [3.05, 3.63) is 69.3 Å². The zero-order valence-corrected chi connectivity index (χ0v) is 15.7. The van der Waals surface area contributed by atoms with E-state index in [1.165, 1.54) is 29.8 Å². The fraction of sp³-hybridized carbons (Fsp3) is 0.350. The number of pyridine rings is 1. The molecule has 1 aromatic carbocycles. The molecule has 0 amide bonds. The molecule has 150 valence electrons. The Morgan fingerprint density at radius 3 is 2.54 bits per heavy atom. The molecule has 5 nitrogen and oxygen atoms in total. The van der Waals surface area contributed by atoms with Crippen LogP contribution < -0.4 is 15.6 Å². The van der Waals surface area contributed by atoms with Gasteiger partial charge in [0.2, 0.25) is 0 Å². The summed E-state index contributed by atoms with van der Waals surface area (Å²) in [6.45, 7) is 4.82. The highest BCUT2D eigenvalue weighted by atomic mass is 19.4. The first-order valence-corrected chi connectivity index (χ1v) is 8.75. The lowest BCUT2D eigenvalue weighted by Crippen LogP contribution is -2.44. The van der Waals surface area contributed by atoms with Gasteiger partial charge in [0.1, 0.15) is 11.4 Å². The summed E-state index contributed by atoms with van der Waals surface area (Å²) >= 11 is 0. The van der Waals surface area contributed by atoms with E-state index in [9.17, 15) is 23.1 Å². The first-order chi connectivity index (χ1) is 13.1. The lowest BCUT2D eigenvalue weighted by Gasteiger charge is -2.38. The molecule has 1 aliphatic rings. The smallest absolute Gasteiger partial charge is 0.416 e. The van der Waals surface area contributed by atoms with Crippen molar-refractivity contribution in [2.24, 2.45) is 0 Å². The Kier molecular flexibility index (Phi) is 5.01. The number of fused-ring (bicyclic) bond motifs is 1. The molecule has 0 fully saturated rings. The van der Waals surface area contributed by atoms with Crippen LogP contribution in [-0.2, 0) is 6.18 Å². The van der Waals surface area contributed by atoms with Gasteiger partial charge in [-0.2, -0.15) is 13.2 Å². The van der Waals surface area contributed by atoms with Crippen molar-refractivity contribution in [2.75, 3.05) is 13.2 Å². The van der Waals surface area contributed by atoms with Crippen LogP contribution in [0, 0.1) is 6.92 Å². The Labute approximate surface area is 160 Å². The van der Waals surface area contributed by atoms with Crippen LogP contribution >= 0.6 is 0 Å². The van der Waals surface area contributed by atoms with Crippen LogP contribution in [0.1, 0.15) is 30.5 Å². The molecule has 0 bridgehead atoms. The van der Waals surface area contributed by atoms with Gasteiger partial charge in [-0.3, -0.25) is 9.36 Å². The highest BCUT2D eigenvalue weighted by molar-refractivity contribution is 5.79. The SMILES string of the molecule is Cc1c(C(F)(F)F)ccc2c1C(n1ccccc1=O)=C(NCCO)C(C)(C)O2. The third-order valence-corrected chi connectivity index (χ3v) is 4.65. The largest absolute Gasteiger partial charge is 0.481 e. The molecule has 0 spiro atoms. The molecule has 1 aromatic heterocycles. The molecule has 2 N–H and O–H groups in total. The van der Waals surface area contributed by atoms with Gasteiger partial charge < -0.3 is 15.2 Å². The summed E-state index contributed by atoms with van der Waals surface area (Å²) < 4.78 is 47.8. The maximum absolute atomic E-state index is 13.5. The summed E-state index contributed by atoms with van der Waals surface area (Å²) in [4.78, 5) is 12.5. The molecule has 0 unspecified atom stereocenters. The number of hydrogen-bond acceptors (Lipinski definition) is 4. The Bertz CT molecular complexity index is 991. The molecule has 2 aromatic rings. The van der Waals surface area contributed by atoms with E-state index in [-0.39, 0.29) is 41.3 Å². The monoisotopic (exact) mass is 394 g/mol. The van der Waals surface area contributed by atoms with Crippen LogP contribution in [0.5, 0.6) is 5.75 Å². The van der Waals surface area contributed by atoms with Crippen molar-refractivity contribution in [2.45, 2.75) is 32.5 Å². The third kappa shape index (κ3) is 3.40. The van der Waals surface area contributed by atoms with E-state index in [4.69, 9.17) is 4.74 Å². The van der Waals surface area contributed by atoms with E-state index in [2.05, 4.69) is 5.32 Å². The van der Waals surface area contributed by atoms with E-state index in [0.717, 1.165) is 6.07 Å². The maximum Gasteiger partial charge on any atom is 0.416 e. The number of ether oxygens (including phenoxy) is 1. The topological polar surface area (TPSA) is 63.5 Å². The number of benzene rings is 1. The standard InChI is InChI=1S/C20H21F3N2O3/c1-12-13(20(21,22)23)7-8-14-16(12)17(25-10-5-4-6-15(25)27)18(24-9-11-26)19(2,3)28-14/h4-8,10,24,26H,9,11H2,1-3H3. The second-order valence-corrected chi connectivity index (χ2v) is 7.00. The lowest BCUT2D eigenvalue weighted by atomic mass is 9.90. The van der Waals surface area contributed by atoms with Crippen molar-refractivity contribution < 1.29 is 23.0 Å². The summed E-state index contributed by atoms with van der Waals surface area (Å²) in [5.74, 6) is 0.260. The molecule has 1 aliphatic heterocycles. The predicted octanol–water partition coefficient (Wildman–Crippen LogP) is 3.15. The molecule has 0 saturated heterocycles. The van der Waals surface area contributed by atoms with E-state index in [0.29, 0.717) is 5.70 Å². The van der Waals surface area contributed by atoms with Crippen LogP contribution in [0.3, 0.4) is 0 Å². The van der Waals surface area contributed by atoms with Gasteiger partial charge in [0, 0.05) is 24.4 Å². The summed E-state index contributed by atoms with van der Waals surface area (Å²) in [5.41, 5.74) is -1.27. The minimum absolute atomic E-state index is 0.0328. The second-order valence-electron chi connectivity index (χ2n) is 7.00. The minimum atomic E-state index is -4.54. The molecule has 3 rings (SSSR count). The summed E-state index contributed by atoms with van der Waals surface area (Å²) in [6, 6.07) is 6.79. The van der Waals surface area contributed by atoms with Gasteiger partial charge in [0.15, 0.2) is 0 Å². The van der Waals surface area contributed by atoms with Gasteiger partial charge in [-0.15, -0.1) is 0 Å². The fourth-order valence-corrected chi connectivity index (χ4v) is 3.44. The van der Waals surface area contributed by atoms with Gasteiger partial charge >= 0.3 is 6.18 Å². The Morgan fingerprint density at radius 2 is 1.93 bits per heavy atom. The van der Waals surface area contributed by atoms with Crippen molar-refractivity contribution in [3.63, 3.8) is 0 Å². The van der Waals surface area contributed by atoms with Crippen LogP contribution in [0.25, 0.3) is 5.70 Å². The quantitative estimate of drug-likeness (QED) is 0.836. The average Bonchev–Trinajstić information content (AvgIpc) is 2.59. The van der Waals surface area contributed by atoms with Crippen molar-refractivity contribution in [3.8, 4) is 5.75 Å². The normalized spacial score (nSPS) is 15.8. The van der Waals surface area contributed by atoms with Gasteiger partial charge in [-0.05, 0) is 44.5 Å². The number of aliphatic hydroxyl groups is 1. The van der Waals surface area contributed by atoms with Crippen LogP contribution in [0.15, 0.2) is 47.0 Å². The second kappa shape index (κ2) is 7.01. The molecular weight excluding hydrogens is 373 g/mol. The molecule has 8 heteroatoms. The molecule has 0 atom stereocenters. The number of hydrogen-bond donors (Lipinski definition) is 2. The number of alkyl halides is 3. The van der Waals surface area contributed by atoms with Crippen molar-refractivity contribution in [1.29, 1.82) is 0 Å². The number of nitrogens with one attached hydrogen (secondary N) is 1. The van der Waals surface area contributed by atoms with E-state index in [1.807, 2.05) is 0 Å². The van der Waals surface area contributed by atoms with E-state index < -0.39 is 17.3 Å². The van der Waals surface area contributed by atoms with Gasteiger partial charge in [-0.1, -0.05) is 6.07 Å². The molecule has 0 radical (unpaired) electrons. The maximum atomic E-state index is 13.5. The number of nitrogens with zero attached hydrogens (tertiary/aromatic N) is 1. The highest BCUT2D eigenvalue weighted by Crippen LogP contribution is 2.45. The van der Waals surface area contributed by atoms with Crippen LogP contribution in [0.4, 0.5) is 13.2 Å².